The maximum Gasteiger partial charge on any atom is 0.522 e. The Balaban J connectivity index is 0.000000262. The minimum absolute atomic E-state index is 0.289. The molecule has 1 aromatic heterocycles. The number of pyridine rings is 1. The number of hydrogen-bond acceptors (Lipinski definition) is 3. The Hall–Kier alpha value is -1.22. The van der Waals surface area contributed by atoms with Crippen molar-refractivity contribution in [1.82, 2.24) is 4.98 Å². The van der Waals surface area contributed by atoms with Crippen LogP contribution in [0.25, 0.3) is 0 Å². The van der Waals surface area contributed by atoms with E-state index in [4.69, 9.17) is 13.0 Å². The molecule has 4 nitrogen and oxygen atoms in total. The number of aromatic nitrogens is 1. The van der Waals surface area contributed by atoms with E-state index in [1.54, 1.807) is 6.07 Å². The average molecular weight is 247 g/mol. The highest BCUT2D eigenvalue weighted by atomic mass is 32.2. The third-order valence-corrected chi connectivity index (χ3v) is 1.50. The first-order chi connectivity index (χ1) is 6.64. The second-order valence-electron chi connectivity index (χ2n) is 2.09. The predicted octanol–water partition coefficient (Wildman–Crippen LogP) is 1.61. The third kappa shape index (κ3) is 5.96. The van der Waals surface area contributed by atoms with E-state index in [2.05, 4.69) is 4.98 Å². The van der Waals surface area contributed by atoms with Gasteiger partial charge in [-0.3, -0.25) is 9.54 Å². The molecule has 0 saturated heterocycles. The molecule has 0 radical (unpaired) electrons. The van der Waals surface area contributed by atoms with Crippen molar-refractivity contribution in [2.24, 2.45) is 0 Å². The second-order valence-corrected chi connectivity index (χ2v) is 3.51. The molecule has 0 aliphatic heterocycles. The zero-order valence-electron chi connectivity index (χ0n) is 6.94. The Kier molecular flexibility index (Phi) is 4.62. The first-order valence-corrected chi connectivity index (χ1v) is 4.68. The van der Waals surface area contributed by atoms with Gasteiger partial charge in [0.25, 0.3) is 0 Å². The molecule has 1 rings (SSSR count). The highest BCUT2D eigenvalue weighted by Gasteiger charge is 2.44. The SMILES string of the molecule is Fc1cccnc1.O=S(=O)(O)C(F)(F)F. The molecule has 1 heterocycles. The largest absolute Gasteiger partial charge is 0.522 e. The Morgan fingerprint density at radius 3 is 1.93 bits per heavy atom. The summed E-state index contributed by atoms with van der Waals surface area (Å²) >= 11 is 0. The zero-order chi connectivity index (χ0) is 12.1. The third-order valence-electron chi connectivity index (χ3n) is 0.918. The van der Waals surface area contributed by atoms with Gasteiger partial charge < -0.3 is 0 Å². The van der Waals surface area contributed by atoms with Gasteiger partial charge in [0.15, 0.2) is 0 Å². The number of nitrogens with zero attached hydrogens (tertiary/aromatic N) is 1. The van der Waals surface area contributed by atoms with Gasteiger partial charge in [0, 0.05) is 6.20 Å². The van der Waals surface area contributed by atoms with Crippen molar-refractivity contribution in [3.05, 3.63) is 30.3 Å². The van der Waals surface area contributed by atoms with Gasteiger partial charge >= 0.3 is 15.6 Å². The van der Waals surface area contributed by atoms with Crippen LogP contribution in [0.15, 0.2) is 24.5 Å². The second kappa shape index (κ2) is 5.03. The topological polar surface area (TPSA) is 67.3 Å². The molecule has 0 aliphatic carbocycles. The molecular weight excluding hydrogens is 242 g/mol. The fourth-order valence-corrected chi connectivity index (χ4v) is 0.342. The van der Waals surface area contributed by atoms with E-state index in [1.807, 2.05) is 0 Å². The summed E-state index contributed by atoms with van der Waals surface area (Å²) in [6, 6.07) is 2.91. The van der Waals surface area contributed by atoms with Crippen LogP contribution in [0.2, 0.25) is 0 Å². The first-order valence-electron chi connectivity index (χ1n) is 3.24. The van der Waals surface area contributed by atoms with E-state index in [0.717, 1.165) is 0 Å². The maximum absolute atomic E-state index is 11.8. The van der Waals surface area contributed by atoms with Gasteiger partial charge in [0.2, 0.25) is 0 Å². The van der Waals surface area contributed by atoms with E-state index >= 15 is 0 Å². The normalized spacial score (nSPS) is 11.5. The van der Waals surface area contributed by atoms with Crippen molar-refractivity contribution in [2.45, 2.75) is 5.51 Å². The van der Waals surface area contributed by atoms with Crippen LogP contribution >= 0.6 is 0 Å². The van der Waals surface area contributed by atoms with Gasteiger partial charge in [-0.1, -0.05) is 0 Å². The maximum atomic E-state index is 11.8. The number of halogens is 4. The molecule has 0 amide bonds. The van der Waals surface area contributed by atoms with Crippen LogP contribution in [0.1, 0.15) is 0 Å². The fourth-order valence-electron chi connectivity index (χ4n) is 0.342. The lowest BCUT2D eigenvalue weighted by Crippen LogP contribution is -2.21. The lowest BCUT2D eigenvalue weighted by atomic mass is 10.5. The molecule has 15 heavy (non-hydrogen) atoms. The number of hydrogen-bond donors (Lipinski definition) is 1. The lowest BCUT2D eigenvalue weighted by Gasteiger charge is -1.97. The molecule has 9 heteroatoms. The summed E-state index contributed by atoms with van der Waals surface area (Å²) in [7, 11) is -5.84. The quantitative estimate of drug-likeness (QED) is 0.429. The van der Waals surface area contributed by atoms with Gasteiger partial charge in [0.1, 0.15) is 5.82 Å². The molecule has 0 fully saturated rings. The Morgan fingerprint density at radius 2 is 1.80 bits per heavy atom. The van der Waals surface area contributed by atoms with Gasteiger partial charge in [-0.25, -0.2) is 4.39 Å². The standard InChI is InChI=1S/C5H4FN.CHF3O3S/c6-5-2-1-3-7-4-5;2-1(3,4)8(5,6)7/h1-4H;(H,5,6,7). The lowest BCUT2D eigenvalue weighted by molar-refractivity contribution is -0.0510. The molecule has 0 spiro atoms. The van der Waals surface area contributed by atoms with E-state index in [0.29, 0.717) is 0 Å². The van der Waals surface area contributed by atoms with E-state index in [-0.39, 0.29) is 5.82 Å². The monoisotopic (exact) mass is 247 g/mol. The van der Waals surface area contributed by atoms with Crippen molar-refractivity contribution in [1.29, 1.82) is 0 Å². The predicted molar refractivity (Wildman–Crippen MR) is 41.8 cm³/mol. The Morgan fingerprint density at radius 1 is 1.33 bits per heavy atom. The summed E-state index contributed by atoms with van der Waals surface area (Å²) < 4.78 is 69.4. The van der Waals surface area contributed by atoms with E-state index < -0.39 is 15.6 Å². The highest BCUT2D eigenvalue weighted by molar-refractivity contribution is 7.86. The average Bonchev–Trinajstić information content (AvgIpc) is 2.02. The Bertz CT molecular complexity index is 389. The first kappa shape index (κ1) is 13.8. The minimum atomic E-state index is -5.84. The van der Waals surface area contributed by atoms with Gasteiger partial charge in [0.05, 0.1) is 6.20 Å². The fraction of sp³-hybridized carbons (Fsp3) is 0.167. The summed E-state index contributed by atoms with van der Waals surface area (Å²) in [5.41, 5.74) is -5.53. The highest BCUT2D eigenvalue weighted by Crippen LogP contribution is 2.20. The van der Waals surface area contributed by atoms with Crippen LogP contribution < -0.4 is 0 Å². The minimum Gasteiger partial charge on any atom is -0.279 e. The van der Waals surface area contributed by atoms with Crippen LogP contribution in [0.3, 0.4) is 0 Å². The molecule has 0 unspecified atom stereocenters. The van der Waals surface area contributed by atoms with Gasteiger partial charge in [-0.15, -0.1) is 0 Å². The van der Waals surface area contributed by atoms with Crippen LogP contribution in [0, 0.1) is 5.82 Å². The van der Waals surface area contributed by atoms with Gasteiger partial charge in [-0.2, -0.15) is 21.6 Å². The van der Waals surface area contributed by atoms with Crippen molar-refractivity contribution in [3.63, 3.8) is 0 Å². The Labute approximate surface area is 82.3 Å². The molecule has 1 aromatic rings. The summed E-state index contributed by atoms with van der Waals surface area (Å²) in [5.74, 6) is -0.289. The van der Waals surface area contributed by atoms with Crippen LogP contribution in [0.5, 0.6) is 0 Å². The van der Waals surface area contributed by atoms with Crippen molar-refractivity contribution < 1.29 is 30.5 Å². The molecule has 0 atom stereocenters. The summed E-state index contributed by atoms with van der Waals surface area (Å²) in [5, 5.41) is 0. The van der Waals surface area contributed by atoms with Crippen molar-refractivity contribution in [3.8, 4) is 0 Å². The molecule has 1 N–H and O–H groups in total. The van der Waals surface area contributed by atoms with Crippen molar-refractivity contribution in [2.75, 3.05) is 0 Å². The van der Waals surface area contributed by atoms with Crippen LogP contribution in [-0.2, 0) is 10.1 Å². The van der Waals surface area contributed by atoms with Crippen LogP contribution in [0.4, 0.5) is 17.6 Å². The van der Waals surface area contributed by atoms with Gasteiger partial charge in [-0.05, 0) is 12.1 Å². The molecule has 0 aromatic carbocycles. The van der Waals surface area contributed by atoms with Crippen LogP contribution in [-0.4, -0.2) is 23.5 Å². The summed E-state index contributed by atoms with van der Waals surface area (Å²) in [6.45, 7) is 0. The van der Waals surface area contributed by atoms with E-state index in [9.17, 15) is 17.6 Å². The molecule has 0 aliphatic rings. The number of rotatable bonds is 0. The summed E-state index contributed by atoms with van der Waals surface area (Å²) in [6.07, 6.45) is 2.70. The van der Waals surface area contributed by atoms with Crippen molar-refractivity contribution >= 4 is 10.1 Å². The zero-order valence-corrected chi connectivity index (χ0v) is 7.76. The molecular formula is C6H5F4NO3S. The van der Waals surface area contributed by atoms with E-state index in [1.165, 1.54) is 18.5 Å². The molecule has 0 saturated carbocycles. The smallest absolute Gasteiger partial charge is 0.279 e. The molecule has 86 valence electrons. The summed E-state index contributed by atoms with van der Waals surface area (Å²) in [4.78, 5) is 3.51. The number of alkyl halides is 3. The molecule has 0 bridgehead atoms.